The first-order valence-corrected chi connectivity index (χ1v) is 8.94. The van der Waals surface area contributed by atoms with Crippen molar-refractivity contribution in [3.05, 3.63) is 0 Å². The van der Waals surface area contributed by atoms with Crippen molar-refractivity contribution in [1.29, 1.82) is 0 Å². The molecule has 1 nitrogen and oxygen atoms in total. The molecular formula is C15H27NS. The maximum atomic E-state index is 4.03. The Hall–Kier alpha value is 0.310. The Bertz CT molecular complexity index is 238. The van der Waals surface area contributed by atoms with Gasteiger partial charge in [-0.25, -0.2) is 0 Å². The first-order chi connectivity index (χ1) is 8.30. The van der Waals surface area contributed by atoms with Gasteiger partial charge >= 0.3 is 0 Å². The van der Waals surface area contributed by atoms with E-state index in [2.05, 4.69) is 18.5 Å². The molecule has 4 rings (SSSR count). The van der Waals surface area contributed by atoms with E-state index in [1.54, 1.807) is 32.1 Å². The number of hydrogen-bond acceptors (Lipinski definition) is 2. The molecule has 4 aliphatic rings. The molecule has 17 heavy (non-hydrogen) atoms. The van der Waals surface area contributed by atoms with E-state index < -0.39 is 0 Å². The summed E-state index contributed by atoms with van der Waals surface area (Å²) in [5.74, 6) is 5.57. The monoisotopic (exact) mass is 253 g/mol. The summed E-state index contributed by atoms with van der Waals surface area (Å²) in [7, 11) is 0. The van der Waals surface area contributed by atoms with Crippen molar-refractivity contribution >= 4 is 11.8 Å². The molecule has 0 spiro atoms. The maximum Gasteiger partial charge on any atom is 0.0158 e. The Morgan fingerprint density at radius 2 is 1.65 bits per heavy atom. The van der Waals surface area contributed by atoms with Gasteiger partial charge in [0.05, 0.1) is 0 Å². The number of nitrogens with one attached hydrogen (secondary N) is 1. The summed E-state index contributed by atoms with van der Waals surface area (Å²) in [5, 5.41) is 4.03. The van der Waals surface area contributed by atoms with Crippen molar-refractivity contribution in [1.82, 2.24) is 5.32 Å². The second-order valence-corrected chi connectivity index (χ2v) is 7.59. The van der Waals surface area contributed by atoms with Crippen molar-refractivity contribution in [2.75, 3.05) is 12.0 Å². The van der Waals surface area contributed by atoms with Gasteiger partial charge in [-0.3, -0.25) is 0 Å². The van der Waals surface area contributed by atoms with Crippen LogP contribution in [0, 0.1) is 23.7 Å². The van der Waals surface area contributed by atoms with Crippen LogP contribution in [0.3, 0.4) is 0 Å². The van der Waals surface area contributed by atoms with Crippen LogP contribution in [0.4, 0.5) is 0 Å². The van der Waals surface area contributed by atoms with Crippen molar-refractivity contribution in [3.63, 3.8) is 0 Å². The maximum absolute atomic E-state index is 4.03. The topological polar surface area (TPSA) is 12.0 Å². The molecule has 4 fully saturated rings. The summed E-state index contributed by atoms with van der Waals surface area (Å²) >= 11 is 2.00. The van der Waals surface area contributed by atoms with Crippen LogP contribution in [0.15, 0.2) is 0 Å². The van der Waals surface area contributed by atoms with Gasteiger partial charge in [0.2, 0.25) is 0 Å². The van der Waals surface area contributed by atoms with Gasteiger partial charge in [0, 0.05) is 17.8 Å². The fraction of sp³-hybridized carbons (Fsp3) is 1.00. The minimum atomic E-state index is 0.757. The third-order valence-electron chi connectivity index (χ3n) is 5.52. The highest BCUT2D eigenvalue weighted by Crippen LogP contribution is 2.53. The lowest BCUT2D eigenvalue weighted by Crippen LogP contribution is -2.57. The molecule has 0 heterocycles. The van der Waals surface area contributed by atoms with E-state index in [9.17, 15) is 0 Å². The van der Waals surface area contributed by atoms with Crippen molar-refractivity contribution in [2.45, 2.75) is 57.5 Å². The third-order valence-corrected chi connectivity index (χ3v) is 6.25. The van der Waals surface area contributed by atoms with Gasteiger partial charge < -0.3 is 5.32 Å². The molecule has 4 saturated carbocycles. The molecule has 0 amide bonds. The Morgan fingerprint density at radius 3 is 2.12 bits per heavy atom. The fourth-order valence-electron chi connectivity index (χ4n) is 4.95. The normalized spacial score (nSPS) is 45.2. The Morgan fingerprint density at radius 1 is 1.06 bits per heavy atom. The van der Waals surface area contributed by atoms with Crippen LogP contribution in [0.1, 0.15) is 45.4 Å². The average molecular weight is 253 g/mol. The molecule has 1 N–H and O–H groups in total. The first kappa shape index (κ1) is 12.3. The van der Waals surface area contributed by atoms with Crippen LogP contribution in [0.2, 0.25) is 0 Å². The molecule has 0 aromatic rings. The van der Waals surface area contributed by atoms with Gasteiger partial charge in [0.15, 0.2) is 0 Å². The SMILES string of the molecule is CCC(CSC)NC1C2CC3CC(C2)CC1C3. The molecule has 1 atom stereocenters. The van der Waals surface area contributed by atoms with E-state index in [1.165, 1.54) is 12.2 Å². The largest absolute Gasteiger partial charge is 0.310 e. The molecular weight excluding hydrogens is 226 g/mol. The van der Waals surface area contributed by atoms with Crippen LogP contribution in [0.25, 0.3) is 0 Å². The van der Waals surface area contributed by atoms with Crippen molar-refractivity contribution in [3.8, 4) is 0 Å². The molecule has 4 aliphatic carbocycles. The highest BCUT2D eigenvalue weighted by molar-refractivity contribution is 7.98. The molecule has 0 radical (unpaired) electrons. The smallest absolute Gasteiger partial charge is 0.0158 e. The van der Waals surface area contributed by atoms with Crippen molar-refractivity contribution < 1.29 is 0 Å². The summed E-state index contributed by atoms with van der Waals surface area (Å²) in [6, 6.07) is 1.63. The molecule has 2 heteroatoms. The summed E-state index contributed by atoms with van der Waals surface area (Å²) in [6.45, 7) is 2.34. The number of hydrogen-bond donors (Lipinski definition) is 1. The lowest BCUT2D eigenvalue weighted by Gasteiger charge is -2.55. The predicted octanol–water partition coefficient (Wildman–Crippen LogP) is 3.54. The lowest BCUT2D eigenvalue weighted by atomic mass is 9.54. The summed E-state index contributed by atoms with van der Waals surface area (Å²) in [6.07, 6.45) is 11.3. The predicted molar refractivity (Wildman–Crippen MR) is 76.4 cm³/mol. The zero-order valence-corrected chi connectivity index (χ0v) is 12.1. The second kappa shape index (κ2) is 5.13. The molecule has 1 unspecified atom stereocenters. The fourth-order valence-corrected chi connectivity index (χ4v) is 5.69. The van der Waals surface area contributed by atoms with Gasteiger partial charge in [0.25, 0.3) is 0 Å². The molecule has 0 aromatic carbocycles. The van der Waals surface area contributed by atoms with E-state index in [0.29, 0.717) is 0 Å². The van der Waals surface area contributed by atoms with Crippen LogP contribution in [0.5, 0.6) is 0 Å². The zero-order valence-electron chi connectivity index (χ0n) is 11.3. The third kappa shape index (κ3) is 2.40. The Kier molecular flexibility index (Phi) is 3.72. The van der Waals surface area contributed by atoms with Gasteiger partial charge in [-0.05, 0) is 68.5 Å². The summed E-state index contributed by atoms with van der Waals surface area (Å²) in [4.78, 5) is 0. The molecule has 0 aromatic heterocycles. The van der Waals surface area contributed by atoms with E-state index in [1.807, 2.05) is 11.8 Å². The average Bonchev–Trinajstić information content (AvgIpc) is 2.31. The summed E-state index contributed by atoms with van der Waals surface area (Å²) in [5.41, 5.74) is 0. The second-order valence-electron chi connectivity index (χ2n) is 6.68. The summed E-state index contributed by atoms with van der Waals surface area (Å²) < 4.78 is 0. The van der Waals surface area contributed by atoms with Gasteiger partial charge in [-0.1, -0.05) is 6.92 Å². The standard InChI is InChI=1S/C15H27NS/c1-3-14(9-17-2)16-15-12-5-10-4-11(7-12)8-13(15)6-10/h10-16H,3-9H2,1-2H3. The van der Waals surface area contributed by atoms with E-state index in [4.69, 9.17) is 0 Å². The van der Waals surface area contributed by atoms with Crippen LogP contribution < -0.4 is 5.32 Å². The molecule has 0 saturated heterocycles. The van der Waals surface area contributed by atoms with Crippen LogP contribution in [-0.2, 0) is 0 Å². The lowest BCUT2D eigenvalue weighted by molar-refractivity contribution is -0.0169. The van der Waals surface area contributed by atoms with E-state index in [-0.39, 0.29) is 0 Å². The first-order valence-electron chi connectivity index (χ1n) is 7.55. The minimum absolute atomic E-state index is 0.757. The molecule has 4 bridgehead atoms. The van der Waals surface area contributed by atoms with Gasteiger partial charge in [0.1, 0.15) is 0 Å². The highest BCUT2D eigenvalue weighted by Gasteiger charge is 2.48. The zero-order chi connectivity index (χ0) is 11.8. The highest BCUT2D eigenvalue weighted by atomic mass is 32.2. The molecule has 98 valence electrons. The van der Waals surface area contributed by atoms with Gasteiger partial charge in [-0.2, -0.15) is 11.8 Å². The Balaban J connectivity index is 1.63. The molecule has 0 aliphatic heterocycles. The van der Waals surface area contributed by atoms with Crippen molar-refractivity contribution in [2.24, 2.45) is 23.7 Å². The Labute approximate surface area is 111 Å². The minimum Gasteiger partial charge on any atom is -0.310 e. The number of thioether (sulfide) groups is 1. The van der Waals surface area contributed by atoms with Crippen LogP contribution >= 0.6 is 11.8 Å². The quantitative estimate of drug-likeness (QED) is 0.804. The van der Waals surface area contributed by atoms with E-state index in [0.717, 1.165) is 35.8 Å². The van der Waals surface area contributed by atoms with E-state index >= 15 is 0 Å². The number of rotatable bonds is 5. The van der Waals surface area contributed by atoms with Crippen LogP contribution in [-0.4, -0.2) is 24.1 Å². The van der Waals surface area contributed by atoms with Gasteiger partial charge in [-0.15, -0.1) is 0 Å².